The SMILES string of the molecule is CC(C)CC1CCCOC1C. The third-order valence-electron chi connectivity index (χ3n) is 2.54. The average Bonchev–Trinajstić information content (AvgIpc) is 1.93. The van der Waals surface area contributed by atoms with Crippen LogP contribution in [0.15, 0.2) is 0 Å². The predicted octanol–water partition coefficient (Wildman–Crippen LogP) is 2.85. The second kappa shape index (κ2) is 4.10. The average molecular weight is 156 g/mol. The highest BCUT2D eigenvalue weighted by Gasteiger charge is 2.22. The highest BCUT2D eigenvalue weighted by Crippen LogP contribution is 2.26. The largest absolute Gasteiger partial charge is 0.378 e. The molecule has 1 heteroatoms. The summed E-state index contributed by atoms with van der Waals surface area (Å²) in [6.45, 7) is 7.78. The van der Waals surface area contributed by atoms with Crippen molar-refractivity contribution < 1.29 is 4.74 Å². The van der Waals surface area contributed by atoms with E-state index in [0.717, 1.165) is 18.4 Å². The summed E-state index contributed by atoms with van der Waals surface area (Å²) in [5.74, 6) is 1.65. The Hall–Kier alpha value is -0.0400. The fourth-order valence-electron chi connectivity index (χ4n) is 1.90. The van der Waals surface area contributed by atoms with E-state index in [1.54, 1.807) is 0 Å². The predicted molar refractivity (Wildman–Crippen MR) is 47.6 cm³/mol. The lowest BCUT2D eigenvalue weighted by atomic mass is 9.87. The van der Waals surface area contributed by atoms with Crippen molar-refractivity contribution in [1.82, 2.24) is 0 Å². The van der Waals surface area contributed by atoms with Gasteiger partial charge >= 0.3 is 0 Å². The molecule has 0 radical (unpaired) electrons. The minimum atomic E-state index is 0.506. The van der Waals surface area contributed by atoms with E-state index in [-0.39, 0.29) is 0 Å². The molecular formula is C10H20O. The van der Waals surface area contributed by atoms with Gasteiger partial charge in [0.05, 0.1) is 6.10 Å². The van der Waals surface area contributed by atoms with Gasteiger partial charge in [-0.05, 0) is 38.0 Å². The highest BCUT2D eigenvalue weighted by molar-refractivity contribution is 4.71. The van der Waals surface area contributed by atoms with Crippen molar-refractivity contribution in [3.8, 4) is 0 Å². The smallest absolute Gasteiger partial charge is 0.0575 e. The van der Waals surface area contributed by atoms with Crippen molar-refractivity contribution >= 4 is 0 Å². The van der Waals surface area contributed by atoms with Gasteiger partial charge in [0.15, 0.2) is 0 Å². The molecule has 0 aromatic carbocycles. The Morgan fingerprint density at radius 2 is 2.18 bits per heavy atom. The van der Waals surface area contributed by atoms with Crippen LogP contribution in [0.1, 0.15) is 40.0 Å². The number of ether oxygens (including phenoxy) is 1. The van der Waals surface area contributed by atoms with Gasteiger partial charge in [0, 0.05) is 6.61 Å². The Balaban J connectivity index is 2.29. The van der Waals surface area contributed by atoms with E-state index in [0.29, 0.717) is 6.10 Å². The van der Waals surface area contributed by atoms with Crippen LogP contribution in [0.5, 0.6) is 0 Å². The lowest BCUT2D eigenvalue weighted by molar-refractivity contribution is -0.0208. The van der Waals surface area contributed by atoms with Crippen molar-refractivity contribution in [1.29, 1.82) is 0 Å². The van der Waals surface area contributed by atoms with Crippen LogP contribution in [0.25, 0.3) is 0 Å². The van der Waals surface area contributed by atoms with E-state index in [1.807, 2.05) is 0 Å². The van der Waals surface area contributed by atoms with Gasteiger partial charge in [0.1, 0.15) is 0 Å². The summed E-state index contributed by atoms with van der Waals surface area (Å²) in [7, 11) is 0. The molecular weight excluding hydrogens is 136 g/mol. The second-order valence-corrected chi connectivity index (χ2v) is 4.11. The normalized spacial score (nSPS) is 32.7. The van der Waals surface area contributed by atoms with Crippen molar-refractivity contribution in [2.24, 2.45) is 11.8 Å². The van der Waals surface area contributed by atoms with Gasteiger partial charge in [0.25, 0.3) is 0 Å². The van der Waals surface area contributed by atoms with Crippen LogP contribution in [0.4, 0.5) is 0 Å². The van der Waals surface area contributed by atoms with Gasteiger partial charge in [-0.15, -0.1) is 0 Å². The number of rotatable bonds is 2. The summed E-state index contributed by atoms with van der Waals surface area (Å²) < 4.78 is 5.59. The Morgan fingerprint density at radius 1 is 1.45 bits per heavy atom. The molecule has 2 unspecified atom stereocenters. The van der Waals surface area contributed by atoms with Crippen LogP contribution < -0.4 is 0 Å². The highest BCUT2D eigenvalue weighted by atomic mass is 16.5. The molecule has 1 saturated heterocycles. The van der Waals surface area contributed by atoms with Gasteiger partial charge in [-0.1, -0.05) is 13.8 Å². The molecule has 66 valence electrons. The zero-order valence-corrected chi connectivity index (χ0v) is 7.97. The summed E-state index contributed by atoms with van der Waals surface area (Å²) in [6.07, 6.45) is 4.48. The molecule has 1 heterocycles. The first-order valence-electron chi connectivity index (χ1n) is 4.81. The van der Waals surface area contributed by atoms with Crippen molar-refractivity contribution in [3.05, 3.63) is 0 Å². The van der Waals surface area contributed by atoms with Crippen LogP contribution in [-0.2, 0) is 4.74 Å². The van der Waals surface area contributed by atoms with Gasteiger partial charge in [0.2, 0.25) is 0 Å². The first-order valence-corrected chi connectivity index (χ1v) is 4.81. The van der Waals surface area contributed by atoms with Gasteiger partial charge < -0.3 is 4.74 Å². The van der Waals surface area contributed by atoms with E-state index in [1.165, 1.54) is 19.3 Å². The molecule has 0 bridgehead atoms. The quantitative estimate of drug-likeness (QED) is 0.597. The summed E-state index contributed by atoms with van der Waals surface area (Å²) in [5, 5.41) is 0. The molecule has 0 N–H and O–H groups in total. The van der Waals surface area contributed by atoms with Gasteiger partial charge in [-0.25, -0.2) is 0 Å². The zero-order valence-electron chi connectivity index (χ0n) is 7.97. The lowest BCUT2D eigenvalue weighted by Gasteiger charge is -2.30. The molecule has 11 heavy (non-hydrogen) atoms. The van der Waals surface area contributed by atoms with Crippen molar-refractivity contribution in [2.45, 2.75) is 46.1 Å². The van der Waals surface area contributed by atoms with Gasteiger partial charge in [-0.3, -0.25) is 0 Å². The van der Waals surface area contributed by atoms with Crippen LogP contribution >= 0.6 is 0 Å². The molecule has 2 atom stereocenters. The molecule has 1 fully saturated rings. The third-order valence-corrected chi connectivity index (χ3v) is 2.54. The number of hydrogen-bond donors (Lipinski definition) is 0. The molecule has 1 rings (SSSR count). The molecule has 0 aliphatic carbocycles. The molecule has 0 amide bonds. The zero-order chi connectivity index (χ0) is 8.27. The monoisotopic (exact) mass is 156 g/mol. The topological polar surface area (TPSA) is 9.23 Å². The maximum absolute atomic E-state index is 5.59. The summed E-state index contributed by atoms with van der Waals surface area (Å²) >= 11 is 0. The van der Waals surface area contributed by atoms with Crippen LogP contribution in [0, 0.1) is 11.8 Å². The number of hydrogen-bond acceptors (Lipinski definition) is 1. The third kappa shape index (κ3) is 2.82. The lowest BCUT2D eigenvalue weighted by Crippen LogP contribution is -2.27. The summed E-state index contributed by atoms with van der Waals surface area (Å²) in [4.78, 5) is 0. The first kappa shape index (κ1) is 9.05. The molecule has 0 aromatic heterocycles. The fourth-order valence-corrected chi connectivity index (χ4v) is 1.90. The second-order valence-electron chi connectivity index (χ2n) is 4.11. The minimum Gasteiger partial charge on any atom is -0.378 e. The van der Waals surface area contributed by atoms with E-state index in [2.05, 4.69) is 20.8 Å². The van der Waals surface area contributed by atoms with E-state index < -0.39 is 0 Å². The molecule has 1 aliphatic heterocycles. The Morgan fingerprint density at radius 3 is 2.73 bits per heavy atom. The summed E-state index contributed by atoms with van der Waals surface area (Å²) in [5.41, 5.74) is 0. The first-order chi connectivity index (χ1) is 5.20. The fraction of sp³-hybridized carbons (Fsp3) is 1.00. The van der Waals surface area contributed by atoms with Crippen LogP contribution in [0.2, 0.25) is 0 Å². The standard InChI is InChI=1S/C10H20O/c1-8(2)7-10-5-4-6-11-9(10)3/h8-10H,4-7H2,1-3H3. The van der Waals surface area contributed by atoms with Crippen LogP contribution in [0.3, 0.4) is 0 Å². The molecule has 1 nitrogen and oxygen atoms in total. The Kier molecular flexibility index (Phi) is 3.38. The van der Waals surface area contributed by atoms with E-state index >= 15 is 0 Å². The Bertz CT molecular complexity index is 109. The van der Waals surface area contributed by atoms with Crippen LogP contribution in [-0.4, -0.2) is 12.7 Å². The maximum atomic E-state index is 5.59. The molecule has 1 aliphatic rings. The molecule has 0 saturated carbocycles. The van der Waals surface area contributed by atoms with Crippen molar-refractivity contribution in [3.63, 3.8) is 0 Å². The maximum Gasteiger partial charge on any atom is 0.0575 e. The van der Waals surface area contributed by atoms with Crippen molar-refractivity contribution in [2.75, 3.05) is 6.61 Å². The summed E-state index contributed by atoms with van der Waals surface area (Å²) in [6, 6.07) is 0. The molecule has 0 spiro atoms. The van der Waals surface area contributed by atoms with E-state index in [4.69, 9.17) is 4.74 Å². The van der Waals surface area contributed by atoms with E-state index in [9.17, 15) is 0 Å². The molecule has 0 aromatic rings. The Labute approximate surface area is 70.1 Å². The van der Waals surface area contributed by atoms with Gasteiger partial charge in [-0.2, -0.15) is 0 Å². The minimum absolute atomic E-state index is 0.506.